The van der Waals surface area contributed by atoms with Crippen molar-refractivity contribution >= 4 is 77.7 Å². The summed E-state index contributed by atoms with van der Waals surface area (Å²) in [7, 11) is 8.49. The molecule has 8 rings (SSSR count). The van der Waals surface area contributed by atoms with Crippen LogP contribution in [0.15, 0.2) is 121 Å². The Labute approximate surface area is 268 Å². The summed E-state index contributed by atoms with van der Waals surface area (Å²) in [6.45, 7) is 0. The summed E-state index contributed by atoms with van der Waals surface area (Å²) in [5, 5.41) is 4.96. The van der Waals surface area contributed by atoms with Gasteiger partial charge in [0, 0.05) is 106 Å². The first-order valence-electron chi connectivity index (χ1n) is 15.5. The maximum Gasteiger partial charge on any atom is 0.0490 e. The summed E-state index contributed by atoms with van der Waals surface area (Å²) in [4.78, 5) is 4.41. The molecule has 226 valence electrons. The van der Waals surface area contributed by atoms with Crippen LogP contribution in [0.5, 0.6) is 0 Å². The average molecular weight is 601 g/mol. The van der Waals surface area contributed by atoms with E-state index in [4.69, 9.17) is 11.5 Å². The minimum absolute atomic E-state index is 0.766. The fourth-order valence-electron chi connectivity index (χ4n) is 6.88. The summed E-state index contributed by atoms with van der Waals surface area (Å²) >= 11 is 0. The lowest BCUT2D eigenvalue weighted by atomic mass is 10.00. The largest absolute Gasteiger partial charge is 0.399 e. The highest BCUT2D eigenvalue weighted by atomic mass is 15.1. The molecule has 2 heterocycles. The molecule has 6 aromatic carbocycles. The van der Waals surface area contributed by atoms with Gasteiger partial charge in [0.15, 0.2) is 0 Å². The van der Waals surface area contributed by atoms with E-state index in [1.165, 1.54) is 54.7 Å². The van der Waals surface area contributed by atoms with Crippen LogP contribution in [0, 0.1) is 0 Å². The lowest BCUT2D eigenvalue weighted by Crippen LogP contribution is -2.09. The van der Waals surface area contributed by atoms with Crippen molar-refractivity contribution in [3.05, 3.63) is 121 Å². The smallest absolute Gasteiger partial charge is 0.0490 e. The van der Waals surface area contributed by atoms with Crippen LogP contribution in [0.4, 0.5) is 34.1 Å². The van der Waals surface area contributed by atoms with Crippen LogP contribution >= 0.6 is 0 Å². The standard InChI is InChI=1S/C40H36N6/c1-43(29-11-7-27(41)8-12-29)31-15-19-39-35(23-31)33-21-25(5-17-37(33)45(39)3)26-6-18-38-34(22-26)36-24-32(16-20-40(36)46(38)4)44(2)30-13-9-28(42)10-14-30/h5-24H,41-42H2,1-4H3. The van der Waals surface area contributed by atoms with Crippen LogP contribution in [0.2, 0.25) is 0 Å². The molecule has 0 spiro atoms. The van der Waals surface area contributed by atoms with Gasteiger partial charge in [-0.2, -0.15) is 0 Å². The minimum atomic E-state index is 0.766. The summed E-state index contributed by atoms with van der Waals surface area (Å²) in [6, 6.07) is 43.1. The molecule has 46 heavy (non-hydrogen) atoms. The molecule has 0 fully saturated rings. The van der Waals surface area contributed by atoms with E-state index in [2.05, 4.69) is 144 Å². The third-order valence-electron chi connectivity index (χ3n) is 9.65. The van der Waals surface area contributed by atoms with Crippen LogP contribution in [-0.4, -0.2) is 23.2 Å². The molecule has 0 aliphatic carbocycles. The van der Waals surface area contributed by atoms with Crippen molar-refractivity contribution in [1.82, 2.24) is 9.13 Å². The van der Waals surface area contributed by atoms with E-state index >= 15 is 0 Å². The molecule has 8 aromatic rings. The van der Waals surface area contributed by atoms with Gasteiger partial charge in [-0.15, -0.1) is 0 Å². The number of nitrogen functional groups attached to an aromatic ring is 2. The third kappa shape index (κ3) is 4.33. The van der Waals surface area contributed by atoms with Gasteiger partial charge in [-0.1, -0.05) is 12.1 Å². The van der Waals surface area contributed by atoms with E-state index in [9.17, 15) is 0 Å². The highest BCUT2D eigenvalue weighted by Crippen LogP contribution is 2.38. The maximum absolute atomic E-state index is 5.94. The molecule has 0 saturated heterocycles. The first-order valence-corrected chi connectivity index (χ1v) is 15.5. The highest BCUT2D eigenvalue weighted by Gasteiger charge is 2.15. The number of hydrogen-bond donors (Lipinski definition) is 2. The van der Waals surface area contributed by atoms with Crippen molar-refractivity contribution < 1.29 is 0 Å². The molecule has 6 nitrogen and oxygen atoms in total. The van der Waals surface area contributed by atoms with E-state index in [0.29, 0.717) is 0 Å². The number of anilines is 6. The normalized spacial score (nSPS) is 11.7. The zero-order valence-corrected chi connectivity index (χ0v) is 26.5. The average Bonchev–Trinajstić information content (AvgIpc) is 3.53. The van der Waals surface area contributed by atoms with Crippen LogP contribution in [0.25, 0.3) is 54.7 Å². The van der Waals surface area contributed by atoms with Crippen molar-refractivity contribution in [1.29, 1.82) is 0 Å². The van der Waals surface area contributed by atoms with Gasteiger partial charge >= 0.3 is 0 Å². The number of nitrogens with two attached hydrogens (primary N) is 2. The van der Waals surface area contributed by atoms with Crippen LogP contribution in [-0.2, 0) is 14.1 Å². The third-order valence-corrected chi connectivity index (χ3v) is 9.65. The first-order chi connectivity index (χ1) is 22.3. The second-order valence-electron chi connectivity index (χ2n) is 12.3. The monoisotopic (exact) mass is 600 g/mol. The van der Waals surface area contributed by atoms with Gasteiger partial charge in [0.1, 0.15) is 0 Å². The van der Waals surface area contributed by atoms with Crippen LogP contribution in [0.1, 0.15) is 0 Å². The van der Waals surface area contributed by atoms with Crippen molar-refractivity contribution in [2.45, 2.75) is 0 Å². The van der Waals surface area contributed by atoms with E-state index in [1.54, 1.807) is 0 Å². The maximum atomic E-state index is 5.94. The molecule has 0 aliphatic rings. The molecule has 6 heteroatoms. The first kappa shape index (κ1) is 27.7. The summed E-state index contributed by atoms with van der Waals surface area (Å²) < 4.78 is 4.57. The molecule has 0 bridgehead atoms. The molecular weight excluding hydrogens is 564 g/mol. The van der Waals surface area contributed by atoms with Gasteiger partial charge in [-0.25, -0.2) is 0 Å². The quantitative estimate of drug-likeness (QED) is 0.193. The van der Waals surface area contributed by atoms with Crippen LogP contribution < -0.4 is 21.3 Å². The summed E-state index contributed by atoms with van der Waals surface area (Å²) in [5.41, 5.74) is 25.1. The molecule has 0 radical (unpaired) electrons. The van der Waals surface area contributed by atoms with Gasteiger partial charge < -0.3 is 30.4 Å². The summed E-state index contributed by atoms with van der Waals surface area (Å²) in [5.74, 6) is 0. The highest BCUT2D eigenvalue weighted by molar-refractivity contribution is 6.12. The van der Waals surface area contributed by atoms with Gasteiger partial charge in [0.05, 0.1) is 0 Å². The molecule has 0 atom stereocenters. The van der Waals surface area contributed by atoms with Gasteiger partial charge in [-0.05, 0) is 120 Å². The lowest BCUT2D eigenvalue weighted by molar-refractivity contribution is 1.01. The molecule has 0 aliphatic heterocycles. The summed E-state index contributed by atoms with van der Waals surface area (Å²) in [6.07, 6.45) is 0. The number of rotatable bonds is 5. The molecular formula is C40H36N6. The Morgan fingerprint density at radius 2 is 0.696 bits per heavy atom. The number of fused-ring (bicyclic) bond motifs is 6. The number of aryl methyl sites for hydroxylation is 2. The Hall–Kier alpha value is -5.88. The minimum Gasteiger partial charge on any atom is -0.399 e. The predicted octanol–water partition coefficient (Wildman–Crippen LogP) is 9.34. The van der Waals surface area contributed by atoms with E-state index in [-0.39, 0.29) is 0 Å². The van der Waals surface area contributed by atoms with Crippen molar-refractivity contribution in [3.8, 4) is 11.1 Å². The Balaban J connectivity index is 1.23. The Morgan fingerprint density at radius 1 is 0.391 bits per heavy atom. The lowest BCUT2D eigenvalue weighted by Gasteiger charge is -2.20. The zero-order valence-electron chi connectivity index (χ0n) is 26.5. The fourth-order valence-corrected chi connectivity index (χ4v) is 6.88. The van der Waals surface area contributed by atoms with E-state index in [0.717, 1.165) is 34.1 Å². The predicted molar refractivity (Wildman–Crippen MR) is 198 cm³/mol. The number of hydrogen-bond acceptors (Lipinski definition) is 4. The Morgan fingerprint density at radius 3 is 1.07 bits per heavy atom. The van der Waals surface area contributed by atoms with Gasteiger partial charge in [-0.3, -0.25) is 0 Å². The van der Waals surface area contributed by atoms with Crippen molar-refractivity contribution in [3.63, 3.8) is 0 Å². The van der Waals surface area contributed by atoms with Crippen molar-refractivity contribution in [2.24, 2.45) is 14.1 Å². The number of nitrogens with zero attached hydrogens (tertiary/aromatic N) is 4. The second kappa shape index (κ2) is 10.3. The van der Waals surface area contributed by atoms with E-state index < -0.39 is 0 Å². The zero-order chi connectivity index (χ0) is 31.7. The van der Waals surface area contributed by atoms with Crippen molar-refractivity contribution in [2.75, 3.05) is 35.4 Å². The Kier molecular flexibility index (Phi) is 6.22. The number of benzene rings is 6. The molecule has 0 saturated carbocycles. The van der Waals surface area contributed by atoms with Gasteiger partial charge in [0.25, 0.3) is 0 Å². The molecule has 0 amide bonds. The number of aromatic nitrogens is 2. The molecule has 0 unspecified atom stereocenters. The van der Waals surface area contributed by atoms with Crippen LogP contribution in [0.3, 0.4) is 0 Å². The Bertz CT molecular complexity index is 2260. The van der Waals surface area contributed by atoms with E-state index in [1.807, 2.05) is 24.3 Å². The SMILES string of the molecule is CN(c1ccc(N)cc1)c1ccc2c(c1)c1cc(-c3ccc4c(c3)c3cc(N(C)c5ccc(N)cc5)ccc3n4C)ccc1n2C. The fraction of sp³-hybridized carbons (Fsp3) is 0.100. The topological polar surface area (TPSA) is 68.4 Å². The molecule has 2 aromatic heterocycles. The second-order valence-corrected chi connectivity index (χ2v) is 12.3. The molecule has 4 N–H and O–H groups in total. The van der Waals surface area contributed by atoms with Gasteiger partial charge in [0.2, 0.25) is 0 Å².